The first-order chi connectivity index (χ1) is 58.4. The first-order valence-electron chi connectivity index (χ1n) is 38.1. The van der Waals surface area contributed by atoms with E-state index < -0.39 is 0 Å². The van der Waals surface area contributed by atoms with Crippen LogP contribution in [-0.2, 0) is 0 Å². The molecule has 0 radical (unpaired) electrons. The molecule has 0 amide bonds. The van der Waals surface area contributed by atoms with Crippen LogP contribution in [0, 0.1) is 0 Å². The molecule has 0 unspecified atom stereocenters. The molecule has 10 nitrogen and oxygen atoms in total. The van der Waals surface area contributed by atoms with E-state index in [0.29, 0.717) is 11.5 Å². The van der Waals surface area contributed by atoms with Crippen molar-refractivity contribution in [3.8, 4) is 103 Å². The Kier molecular flexibility index (Phi) is 39.8. The number of hydrogen-bond donors (Lipinski definition) is 2. The van der Waals surface area contributed by atoms with Gasteiger partial charge in [-0.3, -0.25) is 0 Å². The molecule has 118 heavy (non-hydrogen) atoms. The number of hydrogen-bond acceptors (Lipinski definition) is 10. The molecular weight excluding hydrogens is 1460 g/mol. The van der Waals surface area contributed by atoms with Crippen molar-refractivity contribution in [2.45, 2.75) is 0 Å². The predicted molar refractivity (Wildman–Crippen MR) is 480 cm³/mol. The maximum atomic E-state index is 8.63. The van der Waals surface area contributed by atoms with E-state index in [1.807, 2.05) is 497 Å². The third-order valence-electron chi connectivity index (χ3n) is 15.3. The molecule has 10 heteroatoms. The van der Waals surface area contributed by atoms with Crippen LogP contribution in [0.4, 0.5) is 0 Å². The van der Waals surface area contributed by atoms with Gasteiger partial charge in [0.1, 0.15) is 103 Å². The lowest BCUT2D eigenvalue weighted by Crippen LogP contribution is -1.81. The zero-order valence-electron chi connectivity index (χ0n) is 65.1. The third-order valence-corrected chi connectivity index (χ3v) is 15.3. The molecule has 0 saturated heterocycles. The highest BCUT2D eigenvalue weighted by Gasteiger charge is 2.00. The molecule has 2 N–H and O–H groups in total. The quantitative estimate of drug-likeness (QED) is 0.0969. The van der Waals surface area contributed by atoms with Crippen molar-refractivity contribution in [1.29, 1.82) is 0 Å². The summed E-state index contributed by atoms with van der Waals surface area (Å²) in [6.07, 6.45) is 0. The van der Waals surface area contributed by atoms with Crippen LogP contribution in [0.2, 0.25) is 0 Å². The molecule has 0 fully saturated rings. The lowest BCUT2D eigenvalue weighted by molar-refractivity contribution is 0.475. The minimum Gasteiger partial charge on any atom is -0.508 e. The second-order valence-corrected chi connectivity index (χ2v) is 24.5. The molecule has 0 aliphatic rings. The summed E-state index contributed by atoms with van der Waals surface area (Å²) in [6, 6.07) is 174. The van der Waals surface area contributed by atoms with Crippen LogP contribution in [-0.4, -0.2) is 10.2 Å². The Hall–Kier alpha value is -16.0. The van der Waals surface area contributed by atoms with E-state index in [1.54, 1.807) is 48.5 Å². The first-order valence-corrected chi connectivity index (χ1v) is 38.1. The molecule has 0 aromatic heterocycles. The highest BCUT2D eigenvalue weighted by Crippen LogP contribution is 2.27. The normalized spacial score (nSPS) is 9.42. The summed E-state index contributed by atoms with van der Waals surface area (Å²) in [5, 5.41) is 17.3. The average Bonchev–Trinajstić information content (AvgIpc) is 0.948. The summed E-state index contributed by atoms with van der Waals surface area (Å²) in [6.45, 7) is 0. The Labute approximate surface area is 693 Å². The van der Waals surface area contributed by atoms with E-state index in [0.717, 1.165) is 92.0 Å². The number of rotatable bonds is 16. The van der Waals surface area contributed by atoms with Crippen LogP contribution < -0.4 is 37.9 Å². The molecule has 0 heterocycles. The number of phenolic OH excluding ortho intramolecular Hbond substituents is 2. The maximum absolute atomic E-state index is 8.63. The van der Waals surface area contributed by atoms with Gasteiger partial charge >= 0.3 is 0 Å². The Morgan fingerprint density at radius 3 is 0.195 bits per heavy atom. The van der Waals surface area contributed by atoms with Crippen molar-refractivity contribution in [3.63, 3.8) is 0 Å². The van der Waals surface area contributed by atoms with E-state index in [2.05, 4.69) is 0 Å². The Bertz CT molecular complexity index is 4100. The van der Waals surface area contributed by atoms with Gasteiger partial charge < -0.3 is 48.1 Å². The highest BCUT2D eigenvalue weighted by molar-refractivity contribution is 5.38. The third kappa shape index (κ3) is 38.3. The zero-order chi connectivity index (χ0) is 81.7. The van der Waals surface area contributed by atoms with Gasteiger partial charge in [-0.2, -0.15) is 0 Å². The number of para-hydroxylation sites is 18. The van der Waals surface area contributed by atoms with Gasteiger partial charge in [0.15, 0.2) is 0 Å². The fraction of sp³-hybridized carbons (Fsp3) is 0. The van der Waals surface area contributed by atoms with Gasteiger partial charge in [-0.1, -0.05) is 328 Å². The largest absolute Gasteiger partial charge is 0.508 e. The molecule has 0 atom stereocenters. The molecule has 0 spiro atoms. The van der Waals surface area contributed by atoms with E-state index >= 15 is 0 Å². The van der Waals surface area contributed by atoms with Crippen LogP contribution >= 0.6 is 0 Å². The fourth-order valence-electron chi connectivity index (χ4n) is 9.76. The van der Waals surface area contributed by atoms with Gasteiger partial charge in [0.25, 0.3) is 0 Å². The van der Waals surface area contributed by atoms with Gasteiger partial charge in [0.05, 0.1) is 0 Å². The number of ether oxygens (including phenoxy) is 8. The molecule has 0 bridgehead atoms. The minimum atomic E-state index is 0.322. The van der Waals surface area contributed by atoms with E-state index in [9.17, 15) is 0 Å². The van der Waals surface area contributed by atoms with Crippen molar-refractivity contribution < 1.29 is 48.1 Å². The first kappa shape index (κ1) is 86.0. The highest BCUT2D eigenvalue weighted by atomic mass is 16.5. The van der Waals surface area contributed by atoms with E-state index in [-0.39, 0.29) is 0 Å². The molecule has 18 aromatic rings. The number of benzene rings is 18. The van der Waals surface area contributed by atoms with Crippen LogP contribution in [0.1, 0.15) is 0 Å². The Morgan fingerprint density at radius 1 is 0.0847 bits per heavy atom. The lowest BCUT2D eigenvalue weighted by atomic mass is 10.3. The Morgan fingerprint density at radius 2 is 0.144 bits per heavy atom. The summed E-state index contributed by atoms with van der Waals surface area (Å²) in [5.74, 6) is 14.6. The molecule has 0 saturated carbocycles. The van der Waals surface area contributed by atoms with Gasteiger partial charge in [-0.25, -0.2) is 0 Å². The summed E-state index contributed by atoms with van der Waals surface area (Å²) >= 11 is 0. The maximum Gasteiger partial charge on any atom is 0.127 e. The standard InChI is InChI=1S/8C12H10O.2C6H6O/c8*1-3-7-11(8-4-1)13-12-9-5-2-6-10-12;2*7-6-4-2-1-3-5-6/h8*1-10H;2*1-5,7H. The minimum absolute atomic E-state index is 0.322. The van der Waals surface area contributed by atoms with Gasteiger partial charge in [-0.05, 0) is 218 Å². The van der Waals surface area contributed by atoms with Crippen LogP contribution in [0.5, 0.6) is 103 Å². The van der Waals surface area contributed by atoms with Crippen molar-refractivity contribution in [2.24, 2.45) is 0 Å². The summed E-state index contributed by atoms with van der Waals surface area (Å²) < 4.78 is 44.6. The smallest absolute Gasteiger partial charge is 0.127 e. The van der Waals surface area contributed by atoms with Crippen molar-refractivity contribution in [3.05, 3.63) is 546 Å². The van der Waals surface area contributed by atoms with E-state index in [4.69, 9.17) is 48.1 Å². The molecule has 0 aliphatic heterocycles. The SMILES string of the molecule is Oc1ccccc1.Oc1ccccc1.c1ccc(Oc2ccccc2)cc1.c1ccc(Oc2ccccc2)cc1.c1ccc(Oc2ccccc2)cc1.c1ccc(Oc2ccccc2)cc1.c1ccc(Oc2ccccc2)cc1.c1ccc(Oc2ccccc2)cc1.c1ccc(Oc2ccccc2)cc1.c1ccc(Oc2ccccc2)cc1. The Balaban J connectivity index is 0.000000150. The summed E-state index contributed by atoms with van der Waals surface area (Å²) in [4.78, 5) is 0. The summed E-state index contributed by atoms with van der Waals surface area (Å²) in [5.41, 5.74) is 0. The van der Waals surface area contributed by atoms with Gasteiger partial charge in [0.2, 0.25) is 0 Å². The number of phenols is 2. The van der Waals surface area contributed by atoms with Gasteiger partial charge in [0, 0.05) is 0 Å². The van der Waals surface area contributed by atoms with Crippen molar-refractivity contribution in [1.82, 2.24) is 0 Å². The molecule has 584 valence electrons. The van der Waals surface area contributed by atoms with Crippen LogP contribution in [0.3, 0.4) is 0 Å². The van der Waals surface area contributed by atoms with Gasteiger partial charge in [-0.15, -0.1) is 0 Å². The van der Waals surface area contributed by atoms with Crippen LogP contribution in [0.25, 0.3) is 0 Å². The molecule has 18 rings (SSSR count). The number of aromatic hydroxyl groups is 2. The summed E-state index contributed by atoms with van der Waals surface area (Å²) in [7, 11) is 0. The monoisotopic (exact) mass is 1550 g/mol. The average molecular weight is 1550 g/mol. The second kappa shape index (κ2) is 54.6. The zero-order valence-corrected chi connectivity index (χ0v) is 65.1. The topological polar surface area (TPSA) is 114 Å². The molecular formula is C108H92O10. The predicted octanol–water partition coefficient (Wildman–Crippen LogP) is 30.6. The van der Waals surface area contributed by atoms with E-state index in [1.165, 1.54) is 0 Å². The van der Waals surface area contributed by atoms with Crippen LogP contribution in [0.15, 0.2) is 546 Å². The lowest BCUT2D eigenvalue weighted by Gasteiger charge is -2.03. The molecule has 18 aromatic carbocycles. The van der Waals surface area contributed by atoms with Crippen molar-refractivity contribution >= 4 is 0 Å². The fourth-order valence-corrected chi connectivity index (χ4v) is 9.76. The van der Waals surface area contributed by atoms with Crippen molar-refractivity contribution in [2.75, 3.05) is 0 Å². The second-order valence-electron chi connectivity index (χ2n) is 24.5. The molecule has 0 aliphatic carbocycles.